The van der Waals surface area contributed by atoms with E-state index in [-0.39, 0.29) is 5.82 Å². The van der Waals surface area contributed by atoms with E-state index in [1.54, 1.807) is 6.07 Å². The number of nitrogen functional groups attached to an aromatic ring is 1. The summed E-state index contributed by atoms with van der Waals surface area (Å²) in [4.78, 5) is 0. The van der Waals surface area contributed by atoms with Crippen LogP contribution in [0.25, 0.3) is 12.2 Å². The Morgan fingerprint density at radius 2 is 1.69 bits per heavy atom. The van der Waals surface area contributed by atoms with Crippen LogP contribution in [0.1, 0.15) is 11.1 Å². The molecule has 0 fully saturated rings. The summed E-state index contributed by atoms with van der Waals surface area (Å²) in [5.41, 5.74) is 8.07. The third-order valence-corrected chi connectivity index (χ3v) is 2.30. The molecule has 0 saturated heterocycles. The predicted octanol–water partition coefficient (Wildman–Crippen LogP) is 3.58. The summed E-state index contributed by atoms with van der Waals surface area (Å²) < 4.78 is 13.0. The van der Waals surface area contributed by atoms with Gasteiger partial charge in [-0.15, -0.1) is 0 Å². The van der Waals surface area contributed by atoms with Gasteiger partial charge in [-0.2, -0.15) is 0 Å². The maximum atomic E-state index is 13.0. The summed E-state index contributed by atoms with van der Waals surface area (Å²) in [5.74, 6) is -0.276. The van der Waals surface area contributed by atoms with E-state index in [1.165, 1.54) is 12.1 Å². The van der Waals surface area contributed by atoms with Crippen molar-refractivity contribution in [1.82, 2.24) is 0 Å². The standard InChI is InChI=1S/C14H12FN/c15-13-8-9-14(16)12(10-13)7-6-11-4-2-1-3-5-11/h1-10H,16H2/b7-6+. The van der Waals surface area contributed by atoms with Crippen LogP contribution in [0, 0.1) is 5.82 Å². The zero-order chi connectivity index (χ0) is 11.4. The van der Waals surface area contributed by atoms with Gasteiger partial charge in [-0.05, 0) is 23.8 Å². The summed E-state index contributed by atoms with van der Waals surface area (Å²) >= 11 is 0. The number of anilines is 1. The maximum Gasteiger partial charge on any atom is 0.123 e. The molecule has 2 aromatic carbocycles. The molecule has 0 aromatic heterocycles. The van der Waals surface area contributed by atoms with Crippen LogP contribution in [0.3, 0.4) is 0 Å². The van der Waals surface area contributed by atoms with Crippen molar-refractivity contribution in [2.75, 3.05) is 5.73 Å². The highest BCUT2D eigenvalue weighted by Gasteiger charge is 1.96. The lowest BCUT2D eigenvalue weighted by Gasteiger charge is -1.99. The van der Waals surface area contributed by atoms with Gasteiger partial charge < -0.3 is 5.73 Å². The molecule has 1 nitrogen and oxygen atoms in total. The molecule has 16 heavy (non-hydrogen) atoms. The van der Waals surface area contributed by atoms with Crippen molar-refractivity contribution in [3.05, 3.63) is 65.5 Å². The monoisotopic (exact) mass is 213 g/mol. The van der Waals surface area contributed by atoms with E-state index < -0.39 is 0 Å². The van der Waals surface area contributed by atoms with Crippen LogP contribution in [0.4, 0.5) is 10.1 Å². The topological polar surface area (TPSA) is 26.0 Å². The third-order valence-electron chi connectivity index (χ3n) is 2.30. The number of hydrogen-bond acceptors (Lipinski definition) is 1. The van der Waals surface area contributed by atoms with Gasteiger partial charge in [0.25, 0.3) is 0 Å². The second-order valence-electron chi connectivity index (χ2n) is 3.52. The van der Waals surface area contributed by atoms with E-state index in [1.807, 2.05) is 42.5 Å². The molecule has 0 aliphatic heterocycles. The van der Waals surface area contributed by atoms with E-state index in [9.17, 15) is 4.39 Å². The fraction of sp³-hybridized carbons (Fsp3) is 0. The molecule has 0 amide bonds. The summed E-state index contributed by atoms with van der Waals surface area (Å²) in [6.07, 6.45) is 3.72. The van der Waals surface area contributed by atoms with Crippen LogP contribution >= 0.6 is 0 Å². The molecule has 0 aliphatic rings. The molecule has 0 saturated carbocycles. The summed E-state index contributed by atoms with van der Waals surface area (Å²) in [5, 5.41) is 0. The lowest BCUT2D eigenvalue weighted by atomic mass is 10.1. The molecule has 2 aromatic rings. The van der Waals surface area contributed by atoms with Gasteiger partial charge in [0.1, 0.15) is 5.82 Å². The normalized spacial score (nSPS) is 10.8. The first-order valence-electron chi connectivity index (χ1n) is 5.04. The molecule has 0 atom stereocenters. The quantitative estimate of drug-likeness (QED) is 0.599. The van der Waals surface area contributed by atoms with Gasteiger partial charge >= 0.3 is 0 Å². The van der Waals surface area contributed by atoms with Crippen molar-refractivity contribution in [1.29, 1.82) is 0 Å². The Bertz CT molecular complexity index is 503. The molecular formula is C14H12FN. The van der Waals surface area contributed by atoms with E-state index in [4.69, 9.17) is 5.73 Å². The van der Waals surface area contributed by atoms with Crippen molar-refractivity contribution in [3.63, 3.8) is 0 Å². The smallest absolute Gasteiger partial charge is 0.123 e. The molecule has 0 spiro atoms. The molecule has 0 aliphatic carbocycles. The maximum absolute atomic E-state index is 13.0. The van der Waals surface area contributed by atoms with Gasteiger partial charge in [-0.25, -0.2) is 4.39 Å². The zero-order valence-electron chi connectivity index (χ0n) is 8.73. The number of nitrogens with two attached hydrogens (primary N) is 1. The second-order valence-corrected chi connectivity index (χ2v) is 3.52. The first-order valence-corrected chi connectivity index (χ1v) is 5.04. The minimum absolute atomic E-state index is 0.276. The van der Waals surface area contributed by atoms with Crippen LogP contribution in [-0.2, 0) is 0 Å². The van der Waals surface area contributed by atoms with Gasteiger partial charge in [0, 0.05) is 11.3 Å². The Hall–Kier alpha value is -2.09. The van der Waals surface area contributed by atoms with Crippen molar-refractivity contribution in [2.24, 2.45) is 0 Å². The molecule has 0 radical (unpaired) electrons. The van der Waals surface area contributed by atoms with Gasteiger partial charge in [0.2, 0.25) is 0 Å². The molecule has 0 unspecified atom stereocenters. The Morgan fingerprint density at radius 3 is 2.44 bits per heavy atom. The SMILES string of the molecule is Nc1ccc(F)cc1/C=C/c1ccccc1. The van der Waals surface area contributed by atoms with Crippen molar-refractivity contribution < 1.29 is 4.39 Å². The summed E-state index contributed by atoms with van der Waals surface area (Å²) in [6.45, 7) is 0. The molecule has 2 rings (SSSR count). The Kier molecular flexibility index (Phi) is 3.01. The van der Waals surface area contributed by atoms with Gasteiger partial charge in [0.15, 0.2) is 0 Å². The summed E-state index contributed by atoms with van der Waals surface area (Å²) in [6, 6.07) is 14.2. The fourth-order valence-electron chi connectivity index (χ4n) is 1.44. The van der Waals surface area contributed by atoms with Gasteiger partial charge in [-0.1, -0.05) is 42.5 Å². The number of benzene rings is 2. The zero-order valence-corrected chi connectivity index (χ0v) is 8.73. The van der Waals surface area contributed by atoms with Crippen molar-refractivity contribution >= 4 is 17.8 Å². The molecule has 2 N–H and O–H groups in total. The fourth-order valence-corrected chi connectivity index (χ4v) is 1.44. The average molecular weight is 213 g/mol. The Balaban J connectivity index is 2.27. The highest BCUT2D eigenvalue weighted by molar-refractivity contribution is 5.75. The van der Waals surface area contributed by atoms with E-state index in [2.05, 4.69) is 0 Å². The van der Waals surface area contributed by atoms with Crippen LogP contribution in [0.2, 0.25) is 0 Å². The highest BCUT2D eigenvalue weighted by Crippen LogP contribution is 2.16. The first kappa shape index (κ1) is 10.4. The average Bonchev–Trinajstić information content (AvgIpc) is 2.32. The molecular weight excluding hydrogens is 201 g/mol. The molecule has 2 heteroatoms. The largest absolute Gasteiger partial charge is 0.398 e. The highest BCUT2D eigenvalue weighted by atomic mass is 19.1. The van der Waals surface area contributed by atoms with Gasteiger partial charge in [0.05, 0.1) is 0 Å². The predicted molar refractivity (Wildman–Crippen MR) is 66.2 cm³/mol. The second kappa shape index (κ2) is 4.62. The van der Waals surface area contributed by atoms with Crippen LogP contribution in [0.5, 0.6) is 0 Å². The lowest BCUT2D eigenvalue weighted by Crippen LogP contribution is -1.89. The van der Waals surface area contributed by atoms with Crippen LogP contribution < -0.4 is 5.73 Å². The number of halogens is 1. The van der Waals surface area contributed by atoms with Crippen LogP contribution in [-0.4, -0.2) is 0 Å². The van der Waals surface area contributed by atoms with E-state index >= 15 is 0 Å². The van der Waals surface area contributed by atoms with E-state index in [0.717, 1.165) is 5.56 Å². The minimum atomic E-state index is -0.276. The van der Waals surface area contributed by atoms with E-state index in [0.29, 0.717) is 11.3 Å². The van der Waals surface area contributed by atoms with Crippen molar-refractivity contribution in [2.45, 2.75) is 0 Å². The lowest BCUT2D eigenvalue weighted by molar-refractivity contribution is 0.628. The van der Waals surface area contributed by atoms with Crippen molar-refractivity contribution in [3.8, 4) is 0 Å². The Morgan fingerprint density at radius 1 is 0.938 bits per heavy atom. The summed E-state index contributed by atoms with van der Waals surface area (Å²) in [7, 11) is 0. The third kappa shape index (κ3) is 2.48. The molecule has 0 bridgehead atoms. The van der Waals surface area contributed by atoms with Gasteiger partial charge in [-0.3, -0.25) is 0 Å². The number of rotatable bonds is 2. The minimum Gasteiger partial charge on any atom is -0.398 e. The number of hydrogen-bond donors (Lipinski definition) is 1. The Labute approximate surface area is 94.0 Å². The molecule has 80 valence electrons. The van der Waals surface area contributed by atoms with Crippen LogP contribution in [0.15, 0.2) is 48.5 Å². The molecule has 0 heterocycles. The first-order chi connectivity index (χ1) is 7.75.